The summed E-state index contributed by atoms with van der Waals surface area (Å²) in [6, 6.07) is 12.5. The van der Waals surface area contributed by atoms with Gasteiger partial charge in [0.2, 0.25) is 11.8 Å². The standard InChI is InChI=1S/C21H20N4O5S/c1-3-24-20(28)18(12-19(27)23-16-6-4-5-7-17(16)25(29)30)31-21(24)22-15-10-8-14(9-11-15)13(2)26/h4-11,18H,3,12H2,1-2H3,(H,23,27). The van der Waals surface area contributed by atoms with Crippen LogP contribution in [0.1, 0.15) is 30.6 Å². The minimum atomic E-state index is -0.682. The van der Waals surface area contributed by atoms with Gasteiger partial charge in [-0.2, -0.15) is 0 Å². The molecule has 31 heavy (non-hydrogen) atoms. The van der Waals surface area contributed by atoms with Gasteiger partial charge in [-0.25, -0.2) is 4.99 Å². The SMILES string of the molecule is CCN1C(=O)C(CC(=O)Nc2ccccc2[N+](=O)[O-])SC1=Nc1ccc(C(C)=O)cc1. The molecule has 2 aromatic rings. The van der Waals surface area contributed by atoms with Gasteiger partial charge in [-0.1, -0.05) is 23.9 Å². The van der Waals surface area contributed by atoms with Crippen molar-refractivity contribution in [2.45, 2.75) is 25.5 Å². The minimum Gasteiger partial charge on any atom is -0.320 e. The predicted molar refractivity (Wildman–Crippen MR) is 119 cm³/mol. The molecule has 0 saturated carbocycles. The molecule has 0 aliphatic carbocycles. The largest absolute Gasteiger partial charge is 0.320 e. The number of para-hydroxylation sites is 2. The number of nitro benzene ring substituents is 1. The van der Waals surface area contributed by atoms with E-state index in [0.717, 1.165) is 0 Å². The lowest BCUT2D eigenvalue weighted by atomic mass is 10.1. The van der Waals surface area contributed by atoms with Crippen LogP contribution in [0.3, 0.4) is 0 Å². The molecule has 1 N–H and O–H groups in total. The highest BCUT2D eigenvalue weighted by molar-refractivity contribution is 8.15. The Morgan fingerprint density at radius 2 is 1.87 bits per heavy atom. The topological polar surface area (TPSA) is 122 Å². The van der Waals surface area contributed by atoms with Crippen molar-refractivity contribution >= 4 is 51.6 Å². The van der Waals surface area contributed by atoms with E-state index in [2.05, 4.69) is 10.3 Å². The summed E-state index contributed by atoms with van der Waals surface area (Å²) in [5.41, 5.74) is 1.02. The van der Waals surface area contributed by atoms with E-state index in [1.54, 1.807) is 30.3 Å². The van der Waals surface area contributed by atoms with Crippen LogP contribution in [0, 0.1) is 10.1 Å². The number of carbonyl (C=O) groups is 3. The Morgan fingerprint density at radius 1 is 1.19 bits per heavy atom. The number of amides is 2. The summed E-state index contributed by atoms with van der Waals surface area (Å²) in [5, 5.41) is 13.4. The summed E-state index contributed by atoms with van der Waals surface area (Å²) in [7, 11) is 0. The molecule has 2 amide bonds. The van der Waals surface area contributed by atoms with Crippen molar-refractivity contribution in [2.24, 2.45) is 4.99 Å². The molecule has 0 aromatic heterocycles. The number of thioether (sulfide) groups is 1. The van der Waals surface area contributed by atoms with Crippen molar-refractivity contribution < 1.29 is 19.3 Å². The lowest BCUT2D eigenvalue weighted by Crippen LogP contribution is -2.33. The third-order valence-electron chi connectivity index (χ3n) is 4.58. The lowest BCUT2D eigenvalue weighted by molar-refractivity contribution is -0.383. The maximum atomic E-state index is 12.7. The molecular weight excluding hydrogens is 420 g/mol. The fraction of sp³-hybridized carbons (Fsp3) is 0.238. The fourth-order valence-corrected chi connectivity index (χ4v) is 4.23. The number of Topliss-reactive ketones (excluding diaryl/α,β-unsaturated/α-hetero) is 1. The summed E-state index contributed by atoms with van der Waals surface area (Å²) in [4.78, 5) is 53.1. The van der Waals surface area contributed by atoms with Crippen LogP contribution in [0.2, 0.25) is 0 Å². The first-order valence-electron chi connectivity index (χ1n) is 9.51. The fourth-order valence-electron chi connectivity index (χ4n) is 3.01. The second kappa shape index (κ2) is 9.52. The number of nitrogens with zero attached hydrogens (tertiary/aromatic N) is 3. The molecule has 2 aromatic carbocycles. The van der Waals surface area contributed by atoms with Gasteiger partial charge < -0.3 is 5.32 Å². The maximum Gasteiger partial charge on any atom is 0.292 e. The second-order valence-corrected chi connectivity index (χ2v) is 7.88. The number of rotatable bonds is 7. The number of anilines is 1. The zero-order valence-electron chi connectivity index (χ0n) is 16.9. The third-order valence-corrected chi connectivity index (χ3v) is 5.76. The normalized spacial score (nSPS) is 17.1. The van der Waals surface area contributed by atoms with Crippen molar-refractivity contribution in [3.63, 3.8) is 0 Å². The highest BCUT2D eigenvalue weighted by Crippen LogP contribution is 2.32. The molecule has 1 heterocycles. The molecule has 1 unspecified atom stereocenters. The lowest BCUT2D eigenvalue weighted by Gasteiger charge is -2.13. The molecule has 3 rings (SSSR count). The molecule has 1 saturated heterocycles. The van der Waals surface area contributed by atoms with Gasteiger partial charge in [0.15, 0.2) is 11.0 Å². The average Bonchev–Trinajstić information content (AvgIpc) is 3.02. The summed E-state index contributed by atoms with van der Waals surface area (Å²) >= 11 is 1.17. The molecule has 1 atom stereocenters. The summed E-state index contributed by atoms with van der Waals surface area (Å²) in [6.07, 6.45) is -0.145. The van der Waals surface area contributed by atoms with E-state index in [0.29, 0.717) is 23.0 Å². The van der Waals surface area contributed by atoms with E-state index in [9.17, 15) is 24.5 Å². The molecule has 0 radical (unpaired) electrons. The van der Waals surface area contributed by atoms with Gasteiger partial charge in [0, 0.05) is 24.6 Å². The number of amidine groups is 1. The number of benzene rings is 2. The Hall–Kier alpha value is -3.53. The molecule has 1 aliphatic rings. The Kier molecular flexibility index (Phi) is 6.81. The van der Waals surface area contributed by atoms with E-state index in [-0.39, 0.29) is 29.5 Å². The first-order valence-corrected chi connectivity index (χ1v) is 10.4. The van der Waals surface area contributed by atoms with Crippen molar-refractivity contribution in [3.05, 3.63) is 64.2 Å². The smallest absolute Gasteiger partial charge is 0.292 e. The number of hydrogen-bond donors (Lipinski definition) is 1. The molecule has 1 fully saturated rings. The monoisotopic (exact) mass is 440 g/mol. The zero-order valence-corrected chi connectivity index (χ0v) is 17.7. The number of nitrogens with one attached hydrogen (secondary N) is 1. The molecular formula is C21H20N4O5S. The molecule has 9 nitrogen and oxygen atoms in total. The summed E-state index contributed by atoms with van der Waals surface area (Å²) in [6.45, 7) is 3.67. The van der Waals surface area contributed by atoms with Crippen LogP contribution >= 0.6 is 11.8 Å². The van der Waals surface area contributed by atoms with Gasteiger partial charge in [-0.15, -0.1) is 0 Å². The zero-order chi connectivity index (χ0) is 22.5. The summed E-state index contributed by atoms with van der Waals surface area (Å²) < 4.78 is 0. The van der Waals surface area contributed by atoms with Crippen LogP contribution in [0.15, 0.2) is 53.5 Å². The molecule has 160 valence electrons. The first kappa shape index (κ1) is 22.2. The van der Waals surface area contributed by atoms with Gasteiger partial charge in [0.25, 0.3) is 5.69 Å². The first-order chi connectivity index (χ1) is 14.8. The van der Waals surface area contributed by atoms with Crippen LogP contribution in [-0.2, 0) is 9.59 Å². The van der Waals surface area contributed by atoms with E-state index in [1.807, 2.05) is 6.92 Å². The predicted octanol–water partition coefficient (Wildman–Crippen LogP) is 3.78. The van der Waals surface area contributed by atoms with Crippen molar-refractivity contribution in [1.82, 2.24) is 4.90 Å². The van der Waals surface area contributed by atoms with E-state index < -0.39 is 16.1 Å². The third kappa shape index (κ3) is 5.15. The van der Waals surface area contributed by atoms with Gasteiger partial charge >= 0.3 is 0 Å². The second-order valence-electron chi connectivity index (χ2n) is 6.71. The minimum absolute atomic E-state index is 0.0514. The highest BCUT2D eigenvalue weighted by Gasteiger charge is 2.38. The number of nitro groups is 1. The van der Waals surface area contributed by atoms with Crippen molar-refractivity contribution in [3.8, 4) is 0 Å². The number of aliphatic imine (C=N–C) groups is 1. The van der Waals surface area contributed by atoms with Gasteiger partial charge in [-0.3, -0.25) is 29.4 Å². The Labute approximate surface area is 182 Å². The number of carbonyl (C=O) groups excluding carboxylic acids is 3. The highest BCUT2D eigenvalue weighted by atomic mass is 32.2. The molecule has 0 bridgehead atoms. The van der Waals surface area contributed by atoms with Crippen molar-refractivity contribution in [1.29, 1.82) is 0 Å². The maximum absolute atomic E-state index is 12.7. The Bertz CT molecular complexity index is 1070. The van der Waals surface area contributed by atoms with Crippen LogP contribution in [0.25, 0.3) is 0 Å². The van der Waals surface area contributed by atoms with Crippen LogP contribution < -0.4 is 5.32 Å². The summed E-state index contributed by atoms with van der Waals surface area (Å²) in [5.74, 6) is -0.794. The van der Waals surface area contributed by atoms with Crippen LogP contribution in [-0.4, -0.2) is 44.4 Å². The Morgan fingerprint density at radius 3 is 2.48 bits per heavy atom. The van der Waals surface area contributed by atoms with Crippen LogP contribution in [0.4, 0.5) is 17.1 Å². The van der Waals surface area contributed by atoms with Gasteiger partial charge in [-0.05, 0) is 44.2 Å². The average molecular weight is 440 g/mol. The van der Waals surface area contributed by atoms with Gasteiger partial charge in [0.1, 0.15) is 10.9 Å². The Balaban J connectivity index is 1.73. The molecule has 1 aliphatic heterocycles. The van der Waals surface area contributed by atoms with Gasteiger partial charge in [0.05, 0.1) is 10.6 Å². The molecule has 0 spiro atoms. The van der Waals surface area contributed by atoms with E-state index >= 15 is 0 Å². The number of hydrogen-bond acceptors (Lipinski definition) is 7. The van der Waals surface area contributed by atoms with E-state index in [1.165, 1.54) is 41.8 Å². The van der Waals surface area contributed by atoms with Crippen molar-refractivity contribution in [2.75, 3.05) is 11.9 Å². The number of ketones is 1. The van der Waals surface area contributed by atoms with Crippen LogP contribution in [0.5, 0.6) is 0 Å². The van der Waals surface area contributed by atoms with E-state index in [4.69, 9.17) is 0 Å². The molecule has 10 heteroatoms. The quantitative estimate of drug-likeness (QED) is 0.397.